The molecule has 82 valence electrons. The second kappa shape index (κ2) is 4.44. The van der Waals surface area contributed by atoms with Gasteiger partial charge in [0.1, 0.15) is 4.60 Å². The molecule has 0 aromatic carbocycles. The maximum absolute atomic E-state index is 11.4. The summed E-state index contributed by atoms with van der Waals surface area (Å²) in [4.78, 5) is 19.3. The summed E-state index contributed by atoms with van der Waals surface area (Å²) in [6.07, 6.45) is 5.08. The maximum Gasteiger partial charge on any atom is 0.356 e. The van der Waals surface area contributed by atoms with Gasteiger partial charge in [-0.15, -0.1) is 0 Å². The second-order valence-electron chi connectivity index (χ2n) is 2.99. The Morgan fingerprint density at radius 2 is 2.31 bits per heavy atom. The van der Waals surface area contributed by atoms with Gasteiger partial charge in [-0.25, -0.2) is 14.8 Å². The lowest BCUT2D eigenvalue weighted by atomic mass is 10.3. The number of hydrogen-bond donors (Lipinski definition) is 0. The van der Waals surface area contributed by atoms with E-state index in [1.807, 2.05) is 0 Å². The van der Waals surface area contributed by atoms with Crippen molar-refractivity contribution in [2.45, 2.75) is 0 Å². The lowest BCUT2D eigenvalue weighted by Gasteiger charge is -2.05. The molecule has 0 saturated heterocycles. The number of methoxy groups -OCH3 is 1. The van der Waals surface area contributed by atoms with Crippen LogP contribution in [0.25, 0.3) is 5.69 Å². The first kappa shape index (κ1) is 10.8. The molecule has 0 aliphatic heterocycles. The minimum atomic E-state index is -0.470. The van der Waals surface area contributed by atoms with Crippen LogP contribution in [0.3, 0.4) is 0 Å². The maximum atomic E-state index is 11.4. The zero-order valence-electron chi connectivity index (χ0n) is 8.42. The van der Waals surface area contributed by atoms with Crippen LogP contribution in [0.5, 0.6) is 0 Å². The van der Waals surface area contributed by atoms with Crippen LogP contribution in [0.1, 0.15) is 10.5 Å². The van der Waals surface area contributed by atoms with E-state index in [1.165, 1.54) is 7.11 Å². The predicted octanol–water partition coefficient (Wildman–Crippen LogP) is 1.82. The molecule has 2 heterocycles. The molecule has 5 nitrogen and oxygen atoms in total. The van der Waals surface area contributed by atoms with Gasteiger partial charge in [0.2, 0.25) is 0 Å². The molecule has 2 aromatic heterocycles. The first-order valence-electron chi connectivity index (χ1n) is 4.45. The van der Waals surface area contributed by atoms with E-state index >= 15 is 0 Å². The number of rotatable bonds is 2. The van der Waals surface area contributed by atoms with Crippen molar-refractivity contribution in [3.05, 3.63) is 41.2 Å². The number of hydrogen-bond acceptors (Lipinski definition) is 4. The average Bonchev–Trinajstić information content (AvgIpc) is 2.80. The van der Waals surface area contributed by atoms with Crippen LogP contribution in [0.2, 0.25) is 0 Å². The zero-order valence-corrected chi connectivity index (χ0v) is 10.0. The molecule has 0 radical (unpaired) electrons. The number of ether oxygens (including phenoxy) is 1. The summed E-state index contributed by atoms with van der Waals surface area (Å²) in [5.41, 5.74) is 1.04. The molecular weight excluding hydrogens is 274 g/mol. The smallest absolute Gasteiger partial charge is 0.356 e. The monoisotopic (exact) mass is 281 g/mol. The van der Waals surface area contributed by atoms with Crippen LogP contribution in [0.15, 0.2) is 35.5 Å². The van der Waals surface area contributed by atoms with Gasteiger partial charge in [-0.05, 0) is 28.1 Å². The fourth-order valence-electron chi connectivity index (χ4n) is 1.25. The fraction of sp³-hybridized carbons (Fsp3) is 0.100. The van der Waals surface area contributed by atoms with Crippen LogP contribution < -0.4 is 0 Å². The molecule has 0 amide bonds. The Kier molecular flexibility index (Phi) is 3.00. The number of esters is 1. The molecule has 0 aliphatic rings. The third-order valence-electron chi connectivity index (χ3n) is 1.98. The van der Waals surface area contributed by atoms with Gasteiger partial charge in [0.25, 0.3) is 0 Å². The van der Waals surface area contributed by atoms with E-state index in [0.29, 0.717) is 4.60 Å². The van der Waals surface area contributed by atoms with Crippen LogP contribution in [0, 0.1) is 0 Å². The van der Waals surface area contributed by atoms with Crippen LogP contribution >= 0.6 is 15.9 Å². The normalized spacial score (nSPS) is 10.1. The number of nitrogens with zero attached hydrogens (tertiary/aromatic N) is 3. The van der Waals surface area contributed by atoms with Crippen LogP contribution in [-0.4, -0.2) is 27.6 Å². The standard InChI is InChI=1S/C10H8BrN3O2/c1-16-10(15)8-4-7(5-9(11)13-8)14-3-2-12-6-14/h2-6H,1H3. The molecule has 0 aliphatic carbocycles. The number of imidazole rings is 1. The molecule has 0 N–H and O–H groups in total. The highest BCUT2D eigenvalue weighted by atomic mass is 79.9. The van der Waals surface area contributed by atoms with Crippen LogP contribution in [-0.2, 0) is 4.74 Å². The molecule has 0 fully saturated rings. The summed E-state index contributed by atoms with van der Waals surface area (Å²) in [5.74, 6) is -0.470. The Labute approximate surface area is 100 Å². The van der Waals surface area contributed by atoms with Gasteiger partial charge >= 0.3 is 5.97 Å². The van der Waals surface area contributed by atoms with Gasteiger partial charge in [0, 0.05) is 12.4 Å². The van der Waals surface area contributed by atoms with Gasteiger partial charge in [0.15, 0.2) is 5.69 Å². The minimum absolute atomic E-state index is 0.251. The molecule has 6 heteroatoms. The SMILES string of the molecule is COC(=O)c1cc(-n2ccnc2)cc(Br)n1. The van der Waals surface area contributed by atoms with Crippen LogP contribution in [0.4, 0.5) is 0 Å². The number of carbonyl (C=O) groups is 1. The van der Waals surface area contributed by atoms with E-state index in [-0.39, 0.29) is 5.69 Å². The number of halogens is 1. The summed E-state index contributed by atoms with van der Waals surface area (Å²) < 4.78 is 6.96. The van der Waals surface area contributed by atoms with Crippen molar-refractivity contribution in [1.82, 2.24) is 14.5 Å². The van der Waals surface area contributed by atoms with E-state index in [9.17, 15) is 4.79 Å². The summed E-state index contributed by atoms with van der Waals surface area (Å²) in [6.45, 7) is 0. The Morgan fingerprint density at radius 1 is 1.50 bits per heavy atom. The van der Waals surface area contributed by atoms with E-state index in [2.05, 4.69) is 30.6 Å². The first-order valence-corrected chi connectivity index (χ1v) is 5.24. The van der Waals surface area contributed by atoms with Crippen molar-refractivity contribution in [2.75, 3.05) is 7.11 Å². The highest BCUT2D eigenvalue weighted by molar-refractivity contribution is 9.10. The Bertz CT molecular complexity index is 511. The van der Waals surface area contributed by atoms with Crippen molar-refractivity contribution < 1.29 is 9.53 Å². The molecule has 0 atom stereocenters. The Hall–Kier alpha value is -1.69. The van der Waals surface area contributed by atoms with Gasteiger partial charge < -0.3 is 9.30 Å². The highest BCUT2D eigenvalue weighted by Crippen LogP contribution is 2.15. The van der Waals surface area contributed by atoms with Gasteiger partial charge in [0.05, 0.1) is 19.1 Å². The van der Waals surface area contributed by atoms with Gasteiger partial charge in [-0.2, -0.15) is 0 Å². The lowest BCUT2D eigenvalue weighted by Crippen LogP contribution is -2.06. The summed E-state index contributed by atoms with van der Waals surface area (Å²) in [7, 11) is 1.32. The van der Waals surface area contributed by atoms with Gasteiger partial charge in [-0.3, -0.25) is 0 Å². The second-order valence-corrected chi connectivity index (χ2v) is 3.81. The summed E-state index contributed by atoms with van der Waals surface area (Å²) >= 11 is 3.24. The van der Waals surface area contributed by atoms with Crippen molar-refractivity contribution in [1.29, 1.82) is 0 Å². The Balaban J connectivity index is 2.48. The van der Waals surface area contributed by atoms with Crippen molar-refractivity contribution in [3.63, 3.8) is 0 Å². The van der Waals surface area contributed by atoms with Crippen molar-refractivity contribution in [3.8, 4) is 5.69 Å². The fourth-order valence-corrected chi connectivity index (χ4v) is 1.68. The quantitative estimate of drug-likeness (QED) is 0.622. The third-order valence-corrected chi connectivity index (χ3v) is 2.38. The first-order chi connectivity index (χ1) is 7.70. The molecule has 0 saturated carbocycles. The lowest BCUT2D eigenvalue weighted by molar-refractivity contribution is 0.0594. The minimum Gasteiger partial charge on any atom is -0.464 e. The average molecular weight is 282 g/mol. The van der Waals surface area contributed by atoms with E-state index in [1.54, 1.807) is 35.4 Å². The molecule has 0 unspecified atom stereocenters. The zero-order chi connectivity index (χ0) is 11.5. The van der Waals surface area contributed by atoms with Gasteiger partial charge in [-0.1, -0.05) is 0 Å². The summed E-state index contributed by atoms with van der Waals surface area (Å²) in [5, 5.41) is 0. The predicted molar refractivity (Wildman–Crippen MR) is 60.4 cm³/mol. The Morgan fingerprint density at radius 3 is 2.94 bits per heavy atom. The number of aromatic nitrogens is 3. The van der Waals surface area contributed by atoms with E-state index in [0.717, 1.165) is 5.69 Å². The molecule has 0 bridgehead atoms. The van der Waals surface area contributed by atoms with Crippen molar-refractivity contribution in [2.24, 2.45) is 0 Å². The summed E-state index contributed by atoms with van der Waals surface area (Å²) in [6, 6.07) is 3.42. The molecule has 16 heavy (non-hydrogen) atoms. The molecule has 0 spiro atoms. The molecule has 2 aromatic rings. The number of carbonyl (C=O) groups excluding carboxylic acids is 1. The highest BCUT2D eigenvalue weighted by Gasteiger charge is 2.10. The largest absolute Gasteiger partial charge is 0.464 e. The third kappa shape index (κ3) is 2.11. The molecule has 2 rings (SSSR count). The molecular formula is C10H8BrN3O2. The topological polar surface area (TPSA) is 57.0 Å². The number of pyridine rings is 1. The van der Waals surface area contributed by atoms with E-state index in [4.69, 9.17) is 0 Å². The van der Waals surface area contributed by atoms with E-state index < -0.39 is 5.97 Å². The van der Waals surface area contributed by atoms with Crippen molar-refractivity contribution >= 4 is 21.9 Å².